The van der Waals surface area contributed by atoms with Gasteiger partial charge in [0.25, 0.3) is 0 Å². The zero-order chi connectivity index (χ0) is 34.4. The van der Waals surface area contributed by atoms with Crippen LogP contribution < -0.4 is 4.72 Å². The molecule has 5 aromatic carbocycles. The molecular formula is C39H37NO7S2. The summed E-state index contributed by atoms with van der Waals surface area (Å²) in [7, 11) is -3.63. The van der Waals surface area contributed by atoms with Crippen molar-refractivity contribution < 1.29 is 32.9 Å². The van der Waals surface area contributed by atoms with Crippen LogP contribution in [-0.4, -0.2) is 36.5 Å². The number of sulfonamides is 1. The molecule has 0 bridgehead atoms. The standard InChI is InChI=1S/C39H37NO7S2/c1-26-36(25-48-34-20-18-31(19-21-34)38(42)43)46-39(47-37(26)30-12-10-27(24-41)11-13-30)32-16-14-29(15-17-32)33-7-5-6-28(22-33)23-40-49(44,45)35-8-3-2-4-9-35/h2-22,26,36-37,39-41H,23-25H2,1H3,(H,42,43)/t26-,36+,37+,39+/m1/s1. The van der Waals surface area contributed by atoms with Gasteiger partial charge in [-0.25, -0.2) is 17.9 Å². The van der Waals surface area contributed by atoms with Crippen molar-refractivity contribution >= 4 is 27.8 Å². The first kappa shape index (κ1) is 34.6. The van der Waals surface area contributed by atoms with E-state index in [2.05, 4.69) is 11.6 Å². The molecule has 1 fully saturated rings. The lowest BCUT2D eigenvalue weighted by atomic mass is 9.91. The molecule has 3 N–H and O–H groups in total. The van der Waals surface area contributed by atoms with Crippen molar-refractivity contribution in [2.75, 3.05) is 5.75 Å². The first-order chi connectivity index (χ1) is 23.7. The van der Waals surface area contributed by atoms with Gasteiger partial charge in [0.1, 0.15) is 0 Å². The Balaban J connectivity index is 1.18. The molecule has 1 aliphatic heterocycles. The molecule has 1 heterocycles. The topological polar surface area (TPSA) is 122 Å². The van der Waals surface area contributed by atoms with Gasteiger partial charge in [0.15, 0.2) is 6.29 Å². The third-order valence-electron chi connectivity index (χ3n) is 8.60. The molecule has 252 valence electrons. The molecular weight excluding hydrogens is 659 g/mol. The minimum atomic E-state index is -3.63. The quantitative estimate of drug-likeness (QED) is 0.114. The first-order valence-electron chi connectivity index (χ1n) is 15.9. The summed E-state index contributed by atoms with van der Waals surface area (Å²) < 4.78 is 41.3. The molecule has 0 amide bonds. The summed E-state index contributed by atoms with van der Waals surface area (Å²) in [6, 6.07) is 38.7. The molecule has 4 atom stereocenters. The monoisotopic (exact) mass is 695 g/mol. The highest BCUT2D eigenvalue weighted by molar-refractivity contribution is 7.99. The van der Waals surface area contributed by atoms with E-state index in [0.717, 1.165) is 38.3 Å². The molecule has 1 aliphatic rings. The molecule has 49 heavy (non-hydrogen) atoms. The van der Waals surface area contributed by atoms with Gasteiger partial charge in [-0.15, -0.1) is 11.8 Å². The van der Waals surface area contributed by atoms with Crippen molar-refractivity contribution in [2.45, 2.75) is 48.4 Å². The highest BCUT2D eigenvalue weighted by Crippen LogP contribution is 2.43. The second-order valence-electron chi connectivity index (χ2n) is 11.9. The molecule has 0 unspecified atom stereocenters. The highest BCUT2D eigenvalue weighted by Gasteiger charge is 2.38. The van der Waals surface area contributed by atoms with E-state index in [1.807, 2.05) is 84.9 Å². The maximum absolute atomic E-state index is 12.7. The van der Waals surface area contributed by atoms with Gasteiger partial charge in [-0.3, -0.25) is 0 Å². The van der Waals surface area contributed by atoms with Crippen molar-refractivity contribution in [3.63, 3.8) is 0 Å². The number of hydrogen-bond donors (Lipinski definition) is 3. The molecule has 0 spiro atoms. The van der Waals surface area contributed by atoms with Crippen molar-refractivity contribution in [1.82, 2.24) is 4.72 Å². The number of carbonyl (C=O) groups is 1. The van der Waals surface area contributed by atoms with Crippen LogP contribution in [0.2, 0.25) is 0 Å². The van der Waals surface area contributed by atoms with Gasteiger partial charge in [0.2, 0.25) is 10.0 Å². The molecule has 0 aromatic heterocycles. The van der Waals surface area contributed by atoms with Crippen molar-refractivity contribution in [2.24, 2.45) is 5.92 Å². The summed E-state index contributed by atoms with van der Waals surface area (Å²) in [6.45, 7) is 2.23. The molecule has 1 saturated heterocycles. The number of rotatable bonds is 12. The van der Waals surface area contributed by atoms with Gasteiger partial charge in [-0.05, 0) is 70.3 Å². The Morgan fingerprint density at radius 1 is 0.776 bits per heavy atom. The lowest BCUT2D eigenvalue weighted by Gasteiger charge is -2.41. The van der Waals surface area contributed by atoms with Crippen molar-refractivity contribution in [3.05, 3.63) is 155 Å². The van der Waals surface area contributed by atoms with Gasteiger partial charge in [0, 0.05) is 28.7 Å². The lowest BCUT2D eigenvalue weighted by Crippen LogP contribution is -2.38. The highest BCUT2D eigenvalue weighted by atomic mass is 32.2. The third-order valence-corrected chi connectivity index (χ3v) is 11.1. The number of aromatic carboxylic acids is 1. The van der Waals surface area contributed by atoms with Crippen LogP contribution in [0, 0.1) is 5.92 Å². The van der Waals surface area contributed by atoms with E-state index >= 15 is 0 Å². The van der Waals surface area contributed by atoms with E-state index in [9.17, 15) is 23.4 Å². The summed E-state index contributed by atoms with van der Waals surface area (Å²) in [6.07, 6.45) is -1.07. The number of aliphatic hydroxyl groups excluding tert-OH is 1. The number of carboxylic acids is 1. The molecule has 10 heteroatoms. The first-order valence-corrected chi connectivity index (χ1v) is 18.4. The fourth-order valence-corrected chi connectivity index (χ4v) is 7.84. The van der Waals surface area contributed by atoms with Gasteiger partial charge >= 0.3 is 5.97 Å². The Hall–Kier alpha value is -4.29. The van der Waals surface area contributed by atoms with Crippen LogP contribution in [0.25, 0.3) is 11.1 Å². The second-order valence-corrected chi connectivity index (χ2v) is 14.8. The minimum Gasteiger partial charge on any atom is -0.478 e. The Morgan fingerprint density at radius 3 is 2.14 bits per heavy atom. The average molecular weight is 696 g/mol. The molecule has 5 aromatic rings. The van der Waals surface area contributed by atoms with Crippen LogP contribution in [0.3, 0.4) is 0 Å². The number of aliphatic hydroxyl groups is 1. The molecule has 0 saturated carbocycles. The maximum Gasteiger partial charge on any atom is 0.335 e. The van der Waals surface area contributed by atoms with Gasteiger partial charge in [0.05, 0.1) is 29.3 Å². The van der Waals surface area contributed by atoms with Crippen LogP contribution in [-0.2, 0) is 32.6 Å². The zero-order valence-electron chi connectivity index (χ0n) is 26.8. The van der Waals surface area contributed by atoms with Crippen LogP contribution in [0.1, 0.15) is 51.9 Å². The third kappa shape index (κ3) is 8.48. The van der Waals surface area contributed by atoms with E-state index < -0.39 is 22.3 Å². The summed E-state index contributed by atoms with van der Waals surface area (Å²) >= 11 is 1.61. The Bertz CT molecular complexity index is 1970. The summed E-state index contributed by atoms with van der Waals surface area (Å²) in [5, 5.41) is 18.8. The Kier molecular flexibility index (Phi) is 10.9. The summed E-state index contributed by atoms with van der Waals surface area (Å²) in [4.78, 5) is 12.5. The number of thioether (sulfide) groups is 1. The van der Waals surface area contributed by atoms with E-state index in [4.69, 9.17) is 9.47 Å². The number of hydrogen-bond acceptors (Lipinski definition) is 7. The summed E-state index contributed by atoms with van der Waals surface area (Å²) in [5.74, 6) is -0.318. The van der Waals surface area contributed by atoms with Gasteiger partial charge < -0.3 is 19.7 Å². The van der Waals surface area contributed by atoms with E-state index in [-0.39, 0.29) is 41.7 Å². The fourth-order valence-electron chi connectivity index (χ4n) is 5.74. The Morgan fingerprint density at radius 2 is 1.47 bits per heavy atom. The average Bonchev–Trinajstić information content (AvgIpc) is 3.14. The lowest BCUT2D eigenvalue weighted by molar-refractivity contribution is -0.268. The smallest absolute Gasteiger partial charge is 0.335 e. The normalized spacial score (nSPS) is 19.4. The molecule has 0 aliphatic carbocycles. The molecule has 8 nitrogen and oxygen atoms in total. The maximum atomic E-state index is 12.7. The van der Waals surface area contributed by atoms with Crippen LogP contribution in [0.15, 0.2) is 137 Å². The number of ether oxygens (including phenoxy) is 2. The molecule has 6 rings (SSSR count). The van der Waals surface area contributed by atoms with E-state index in [1.54, 1.807) is 54.2 Å². The van der Waals surface area contributed by atoms with Crippen molar-refractivity contribution in [3.8, 4) is 11.1 Å². The van der Waals surface area contributed by atoms with E-state index in [1.165, 1.54) is 0 Å². The predicted molar refractivity (Wildman–Crippen MR) is 189 cm³/mol. The predicted octanol–water partition coefficient (Wildman–Crippen LogP) is 7.61. The van der Waals surface area contributed by atoms with Gasteiger partial charge in [-0.1, -0.05) is 91.9 Å². The number of nitrogens with one attached hydrogen (secondary N) is 1. The largest absolute Gasteiger partial charge is 0.478 e. The molecule has 0 radical (unpaired) electrons. The SMILES string of the molecule is C[C@@H]1[C@H](CSc2ccc(C(=O)O)cc2)O[C@H](c2ccc(-c3cccc(CNS(=O)(=O)c4ccccc4)c3)cc2)O[C@@H]1c1ccc(CO)cc1. The van der Waals surface area contributed by atoms with Crippen LogP contribution >= 0.6 is 11.8 Å². The zero-order valence-corrected chi connectivity index (χ0v) is 28.4. The van der Waals surface area contributed by atoms with Crippen LogP contribution in [0.4, 0.5) is 0 Å². The van der Waals surface area contributed by atoms with Gasteiger partial charge in [-0.2, -0.15) is 0 Å². The summed E-state index contributed by atoms with van der Waals surface area (Å²) in [5.41, 5.74) is 5.68. The second kappa shape index (κ2) is 15.5. The number of benzene rings is 5. The minimum absolute atomic E-state index is 0.00310. The number of carboxylic acid groups (broad SMARTS) is 1. The van der Waals surface area contributed by atoms with Crippen molar-refractivity contribution in [1.29, 1.82) is 0 Å². The van der Waals surface area contributed by atoms with E-state index in [0.29, 0.717) is 5.75 Å². The fraction of sp³-hybridized carbons (Fsp3) is 0.205. The Labute approximate surface area is 290 Å². The van der Waals surface area contributed by atoms with Crippen LogP contribution in [0.5, 0.6) is 0 Å².